The van der Waals surface area contributed by atoms with Gasteiger partial charge in [-0.15, -0.1) is 11.8 Å². The van der Waals surface area contributed by atoms with Crippen molar-refractivity contribution in [3.05, 3.63) is 161 Å². The number of carbonyl (C=O) groups is 5. The van der Waals surface area contributed by atoms with Gasteiger partial charge in [0.1, 0.15) is 5.70 Å². The maximum Gasteiger partial charge on any atom is 0.272 e. The standard InChI is InChI=1S/C37H26N4O5S/c42-32(40-30-14-6-13-29-33(30)35(44)28-12-5-4-11-27(28)34(29)43)22-47-26-17-15-25(16-18-26)39-37(46)31(20-23-8-7-19-38-21-23)41-36(45)24-9-2-1-3-10-24/h1-21H,22H2,(H,39,46)(H,40,42)(H,41,45)/b31-20-. The Bertz CT molecular complexity index is 2050. The van der Waals surface area contributed by atoms with E-state index < -0.39 is 11.8 Å². The van der Waals surface area contributed by atoms with Crippen LogP contribution in [0, 0.1) is 0 Å². The summed E-state index contributed by atoms with van der Waals surface area (Å²) in [5, 5.41) is 8.27. The summed E-state index contributed by atoms with van der Waals surface area (Å²) in [6.45, 7) is 0. The van der Waals surface area contributed by atoms with Crippen LogP contribution >= 0.6 is 11.8 Å². The van der Waals surface area contributed by atoms with E-state index >= 15 is 0 Å². The van der Waals surface area contributed by atoms with Gasteiger partial charge in [0.15, 0.2) is 11.6 Å². The maximum atomic E-state index is 13.3. The summed E-state index contributed by atoms with van der Waals surface area (Å²) in [6, 6.07) is 30.4. The van der Waals surface area contributed by atoms with Crippen molar-refractivity contribution in [1.82, 2.24) is 10.3 Å². The minimum Gasteiger partial charge on any atom is -0.325 e. The zero-order valence-electron chi connectivity index (χ0n) is 24.7. The van der Waals surface area contributed by atoms with Crippen molar-refractivity contribution >= 4 is 58.5 Å². The number of ketones is 2. The zero-order chi connectivity index (χ0) is 32.8. The highest BCUT2D eigenvalue weighted by atomic mass is 32.2. The Labute approximate surface area is 274 Å². The van der Waals surface area contributed by atoms with Crippen molar-refractivity contribution in [3.8, 4) is 0 Å². The first-order valence-corrected chi connectivity index (χ1v) is 15.5. The van der Waals surface area contributed by atoms with Crippen LogP contribution in [-0.4, -0.2) is 40.0 Å². The van der Waals surface area contributed by atoms with Crippen molar-refractivity contribution in [2.75, 3.05) is 16.4 Å². The Morgan fingerprint density at radius 2 is 1.40 bits per heavy atom. The van der Waals surface area contributed by atoms with Crippen LogP contribution in [0.2, 0.25) is 0 Å². The lowest BCUT2D eigenvalue weighted by atomic mass is 9.83. The third-order valence-corrected chi connectivity index (χ3v) is 8.24. The molecule has 3 N–H and O–H groups in total. The first-order valence-electron chi connectivity index (χ1n) is 14.5. The number of nitrogens with one attached hydrogen (secondary N) is 3. The molecule has 0 fully saturated rings. The van der Waals surface area contributed by atoms with Crippen molar-refractivity contribution < 1.29 is 24.0 Å². The second-order valence-corrected chi connectivity index (χ2v) is 11.5. The summed E-state index contributed by atoms with van der Waals surface area (Å²) in [5.74, 6) is -1.84. The van der Waals surface area contributed by atoms with Gasteiger partial charge in [0.25, 0.3) is 11.8 Å². The van der Waals surface area contributed by atoms with E-state index in [9.17, 15) is 24.0 Å². The van der Waals surface area contributed by atoms with Gasteiger partial charge in [0, 0.05) is 45.2 Å². The minimum atomic E-state index is -0.528. The quantitative estimate of drug-likeness (QED) is 0.131. The molecule has 6 rings (SSSR count). The van der Waals surface area contributed by atoms with Crippen molar-refractivity contribution in [3.63, 3.8) is 0 Å². The van der Waals surface area contributed by atoms with Gasteiger partial charge in [-0.25, -0.2) is 0 Å². The third kappa shape index (κ3) is 7.08. The topological polar surface area (TPSA) is 134 Å². The normalized spacial score (nSPS) is 12.0. The molecule has 1 aliphatic carbocycles. The van der Waals surface area contributed by atoms with Gasteiger partial charge >= 0.3 is 0 Å². The number of amides is 3. The Kier molecular flexibility index (Phi) is 9.12. The lowest BCUT2D eigenvalue weighted by molar-refractivity contribution is -0.114. The molecule has 0 bridgehead atoms. The molecule has 47 heavy (non-hydrogen) atoms. The van der Waals surface area contributed by atoms with Crippen molar-refractivity contribution in [2.24, 2.45) is 0 Å². The van der Waals surface area contributed by atoms with E-state index in [2.05, 4.69) is 20.9 Å². The summed E-state index contributed by atoms with van der Waals surface area (Å²) >= 11 is 1.26. The Morgan fingerprint density at radius 1 is 0.702 bits per heavy atom. The average Bonchev–Trinajstić information content (AvgIpc) is 3.10. The van der Waals surface area contributed by atoms with Gasteiger partial charge in [-0.2, -0.15) is 0 Å². The van der Waals surface area contributed by atoms with E-state index in [1.807, 2.05) is 0 Å². The summed E-state index contributed by atoms with van der Waals surface area (Å²) in [7, 11) is 0. The van der Waals surface area contributed by atoms with Crippen LogP contribution in [0.4, 0.5) is 11.4 Å². The van der Waals surface area contributed by atoms with Gasteiger partial charge in [0.05, 0.1) is 17.0 Å². The first kappa shape index (κ1) is 30.9. The lowest BCUT2D eigenvalue weighted by Crippen LogP contribution is -2.30. The smallest absolute Gasteiger partial charge is 0.272 e. The fourth-order valence-corrected chi connectivity index (χ4v) is 5.69. The highest BCUT2D eigenvalue weighted by Crippen LogP contribution is 2.32. The molecule has 1 aromatic heterocycles. The fourth-order valence-electron chi connectivity index (χ4n) is 4.99. The number of hydrogen-bond donors (Lipinski definition) is 3. The molecule has 0 aliphatic heterocycles. The van der Waals surface area contributed by atoms with E-state index in [1.54, 1.807) is 122 Å². The predicted octanol–water partition coefficient (Wildman–Crippen LogP) is 6.00. The zero-order valence-corrected chi connectivity index (χ0v) is 25.5. The first-order chi connectivity index (χ1) is 22.9. The Hall–Kier alpha value is -6.13. The molecule has 5 aromatic rings. The molecule has 3 amide bonds. The highest BCUT2D eigenvalue weighted by molar-refractivity contribution is 8.00. The van der Waals surface area contributed by atoms with Crippen LogP contribution in [0.15, 0.2) is 132 Å². The number of rotatable bonds is 9. The van der Waals surface area contributed by atoms with Gasteiger partial charge in [0.2, 0.25) is 5.91 Å². The molecule has 230 valence electrons. The van der Waals surface area contributed by atoms with Crippen LogP contribution in [0.1, 0.15) is 47.8 Å². The number of anilines is 2. The molecule has 4 aromatic carbocycles. The number of thioether (sulfide) groups is 1. The summed E-state index contributed by atoms with van der Waals surface area (Å²) in [5.41, 5.74) is 2.94. The molecule has 9 nitrogen and oxygen atoms in total. The largest absolute Gasteiger partial charge is 0.325 e. The van der Waals surface area contributed by atoms with Crippen LogP contribution in [0.25, 0.3) is 6.08 Å². The number of fused-ring (bicyclic) bond motifs is 2. The molecule has 1 aliphatic rings. The molecule has 1 heterocycles. The second kappa shape index (κ2) is 13.9. The van der Waals surface area contributed by atoms with E-state index in [0.717, 1.165) is 4.90 Å². The number of aromatic nitrogens is 1. The van der Waals surface area contributed by atoms with Crippen LogP contribution < -0.4 is 16.0 Å². The molecule has 10 heteroatoms. The Morgan fingerprint density at radius 3 is 2.13 bits per heavy atom. The van der Waals surface area contributed by atoms with E-state index in [1.165, 1.54) is 17.8 Å². The van der Waals surface area contributed by atoms with Gasteiger partial charge in [-0.1, -0.05) is 60.7 Å². The third-order valence-electron chi connectivity index (χ3n) is 7.23. The second-order valence-electron chi connectivity index (χ2n) is 10.4. The number of benzene rings is 4. The number of carbonyl (C=O) groups excluding carboxylic acids is 5. The summed E-state index contributed by atoms with van der Waals surface area (Å²) < 4.78 is 0. The molecule has 0 atom stereocenters. The van der Waals surface area contributed by atoms with Gasteiger partial charge in [-0.05, 0) is 60.2 Å². The van der Waals surface area contributed by atoms with Crippen LogP contribution in [0.3, 0.4) is 0 Å². The lowest BCUT2D eigenvalue weighted by Gasteiger charge is -2.20. The predicted molar refractivity (Wildman–Crippen MR) is 180 cm³/mol. The molecule has 0 radical (unpaired) electrons. The number of pyridine rings is 1. The van der Waals surface area contributed by atoms with E-state index in [-0.39, 0.29) is 45.7 Å². The molecule has 0 saturated carbocycles. The monoisotopic (exact) mass is 638 g/mol. The molecule has 0 unspecified atom stereocenters. The number of hydrogen-bond acceptors (Lipinski definition) is 7. The Balaban J connectivity index is 1.09. The fraction of sp³-hybridized carbons (Fsp3) is 0.0270. The van der Waals surface area contributed by atoms with Gasteiger partial charge in [-0.3, -0.25) is 29.0 Å². The van der Waals surface area contributed by atoms with E-state index in [0.29, 0.717) is 27.9 Å². The SMILES string of the molecule is O=C(CSc1ccc(NC(=O)/C(=C/c2cccnc2)NC(=O)c2ccccc2)cc1)Nc1cccc2c1C(=O)c1ccccc1C2=O. The summed E-state index contributed by atoms with van der Waals surface area (Å²) in [4.78, 5) is 70.0. The molecular weight excluding hydrogens is 612 g/mol. The summed E-state index contributed by atoms with van der Waals surface area (Å²) in [6.07, 6.45) is 4.73. The van der Waals surface area contributed by atoms with Crippen molar-refractivity contribution in [1.29, 1.82) is 0 Å². The minimum absolute atomic E-state index is 0.0359. The maximum absolute atomic E-state index is 13.3. The molecular formula is C37H26N4O5S. The highest BCUT2D eigenvalue weighted by Gasteiger charge is 2.31. The van der Waals surface area contributed by atoms with Crippen LogP contribution in [-0.2, 0) is 9.59 Å². The number of nitrogens with zero attached hydrogens (tertiary/aromatic N) is 1. The van der Waals surface area contributed by atoms with Gasteiger partial charge < -0.3 is 16.0 Å². The molecule has 0 spiro atoms. The average molecular weight is 639 g/mol. The molecule has 0 saturated heterocycles. The van der Waals surface area contributed by atoms with Crippen molar-refractivity contribution in [2.45, 2.75) is 4.90 Å². The van der Waals surface area contributed by atoms with E-state index in [4.69, 9.17) is 0 Å². The van der Waals surface area contributed by atoms with Crippen LogP contribution in [0.5, 0.6) is 0 Å².